The van der Waals surface area contributed by atoms with Crippen molar-refractivity contribution in [2.45, 2.75) is 6.92 Å². The van der Waals surface area contributed by atoms with Gasteiger partial charge in [-0.1, -0.05) is 18.2 Å². The fourth-order valence-corrected chi connectivity index (χ4v) is 1.88. The third kappa shape index (κ3) is 2.35. The lowest BCUT2D eigenvalue weighted by atomic mass is 10.1. The first-order valence-corrected chi connectivity index (χ1v) is 5.79. The molecule has 18 heavy (non-hydrogen) atoms. The van der Waals surface area contributed by atoms with Gasteiger partial charge in [-0.3, -0.25) is 4.79 Å². The van der Waals surface area contributed by atoms with Gasteiger partial charge in [0.25, 0.3) is 0 Å². The van der Waals surface area contributed by atoms with Crippen LogP contribution in [0.2, 0.25) is 0 Å². The van der Waals surface area contributed by atoms with Crippen molar-refractivity contribution in [1.29, 1.82) is 0 Å². The number of nitrogens with zero attached hydrogens (tertiary/aromatic N) is 1. The summed E-state index contributed by atoms with van der Waals surface area (Å²) < 4.78 is 0. The highest BCUT2D eigenvalue weighted by Gasteiger charge is 2.08. The van der Waals surface area contributed by atoms with Crippen LogP contribution in [0.5, 0.6) is 0 Å². The number of hydrogen-bond donors (Lipinski definition) is 1. The molecule has 0 saturated carbocycles. The number of carbonyl (C=O) groups is 1. The van der Waals surface area contributed by atoms with E-state index in [9.17, 15) is 4.79 Å². The molecule has 2 rings (SSSR count). The molecule has 0 radical (unpaired) electrons. The zero-order chi connectivity index (χ0) is 13.1. The summed E-state index contributed by atoms with van der Waals surface area (Å²) >= 11 is 0. The number of anilines is 3. The lowest BCUT2D eigenvalue weighted by Crippen LogP contribution is -2.10. The number of hydrogen-bond acceptors (Lipinski definition) is 3. The number of nitrogen functional groups attached to an aromatic ring is 1. The van der Waals surface area contributed by atoms with E-state index in [1.807, 2.05) is 54.4 Å². The molecule has 0 unspecified atom stereocenters. The van der Waals surface area contributed by atoms with E-state index in [1.165, 1.54) is 6.92 Å². The van der Waals surface area contributed by atoms with Crippen LogP contribution < -0.4 is 10.6 Å². The summed E-state index contributed by atoms with van der Waals surface area (Å²) in [5, 5.41) is 0. The molecule has 0 atom stereocenters. The van der Waals surface area contributed by atoms with E-state index < -0.39 is 0 Å². The molecule has 0 heterocycles. The first kappa shape index (κ1) is 12.2. The van der Waals surface area contributed by atoms with Gasteiger partial charge >= 0.3 is 0 Å². The smallest absolute Gasteiger partial charge is 0.161 e. The van der Waals surface area contributed by atoms with E-state index in [0.717, 1.165) is 11.4 Å². The first-order chi connectivity index (χ1) is 8.59. The summed E-state index contributed by atoms with van der Waals surface area (Å²) in [4.78, 5) is 13.4. The topological polar surface area (TPSA) is 46.3 Å². The van der Waals surface area contributed by atoms with E-state index in [-0.39, 0.29) is 5.78 Å². The molecule has 0 aliphatic carbocycles. The minimum atomic E-state index is -0.0126. The van der Waals surface area contributed by atoms with Crippen molar-refractivity contribution in [3.8, 4) is 0 Å². The van der Waals surface area contributed by atoms with Gasteiger partial charge < -0.3 is 10.6 Å². The van der Waals surface area contributed by atoms with E-state index in [2.05, 4.69) is 0 Å². The summed E-state index contributed by atoms with van der Waals surface area (Å²) in [6, 6.07) is 15.5. The molecule has 0 amide bonds. The highest BCUT2D eigenvalue weighted by molar-refractivity contribution is 5.99. The van der Waals surface area contributed by atoms with Gasteiger partial charge in [0, 0.05) is 29.7 Å². The number of rotatable bonds is 3. The zero-order valence-electron chi connectivity index (χ0n) is 10.6. The molecule has 2 aromatic rings. The van der Waals surface area contributed by atoms with Crippen LogP contribution in [0.3, 0.4) is 0 Å². The van der Waals surface area contributed by atoms with Crippen molar-refractivity contribution in [3.05, 3.63) is 54.1 Å². The normalized spacial score (nSPS) is 10.1. The maximum absolute atomic E-state index is 11.3. The molecule has 0 bridgehead atoms. The third-order valence-electron chi connectivity index (χ3n) is 2.95. The fraction of sp³-hybridized carbons (Fsp3) is 0.133. The Labute approximate surface area is 107 Å². The Kier molecular flexibility index (Phi) is 3.33. The highest BCUT2D eigenvalue weighted by atomic mass is 16.1. The van der Waals surface area contributed by atoms with Crippen LogP contribution in [0.4, 0.5) is 17.1 Å². The van der Waals surface area contributed by atoms with Gasteiger partial charge in [0.2, 0.25) is 0 Å². The van der Waals surface area contributed by atoms with Crippen molar-refractivity contribution in [2.24, 2.45) is 0 Å². The van der Waals surface area contributed by atoms with Gasteiger partial charge in [-0.15, -0.1) is 0 Å². The molecule has 3 heteroatoms. The Morgan fingerprint density at radius 3 is 2.28 bits per heavy atom. The third-order valence-corrected chi connectivity index (χ3v) is 2.95. The number of ketones is 1. The summed E-state index contributed by atoms with van der Waals surface area (Å²) in [7, 11) is 1.97. The van der Waals surface area contributed by atoms with Crippen LogP contribution in [0.25, 0.3) is 0 Å². The number of Topliss-reactive ketones (excluding diaryl/α,β-unsaturated/α-hetero) is 1. The van der Waals surface area contributed by atoms with E-state index in [0.29, 0.717) is 11.3 Å². The summed E-state index contributed by atoms with van der Waals surface area (Å²) in [5.41, 5.74) is 9.01. The summed E-state index contributed by atoms with van der Waals surface area (Å²) in [6.07, 6.45) is 0. The number of carbonyl (C=O) groups excluding carboxylic acids is 1. The lowest BCUT2D eigenvalue weighted by molar-refractivity contribution is 0.101. The van der Waals surface area contributed by atoms with Crippen LogP contribution in [0.15, 0.2) is 48.5 Å². The quantitative estimate of drug-likeness (QED) is 0.661. The van der Waals surface area contributed by atoms with E-state index in [1.54, 1.807) is 6.07 Å². The van der Waals surface area contributed by atoms with Gasteiger partial charge in [0.05, 0.1) is 0 Å². The summed E-state index contributed by atoms with van der Waals surface area (Å²) in [5.74, 6) is -0.0126. The average Bonchev–Trinajstić information content (AvgIpc) is 2.38. The molecule has 2 N–H and O–H groups in total. The van der Waals surface area contributed by atoms with Crippen LogP contribution in [-0.2, 0) is 0 Å². The number of para-hydroxylation sites is 1. The SMILES string of the molecule is CC(=O)c1ccc(N(C)c2ccccc2)cc1N. The fourth-order valence-electron chi connectivity index (χ4n) is 1.88. The van der Waals surface area contributed by atoms with Crippen molar-refractivity contribution in [1.82, 2.24) is 0 Å². The number of benzene rings is 2. The second kappa shape index (κ2) is 4.92. The first-order valence-electron chi connectivity index (χ1n) is 5.79. The molecule has 0 spiro atoms. The molecular formula is C15H16N2O. The van der Waals surface area contributed by atoms with E-state index >= 15 is 0 Å². The Bertz CT molecular complexity index is 564. The van der Waals surface area contributed by atoms with Gasteiger partial charge in [0.1, 0.15) is 0 Å². The molecule has 2 aromatic carbocycles. The molecule has 0 aromatic heterocycles. The Morgan fingerprint density at radius 2 is 1.72 bits per heavy atom. The minimum Gasteiger partial charge on any atom is -0.398 e. The van der Waals surface area contributed by atoms with Crippen LogP contribution in [0, 0.1) is 0 Å². The summed E-state index contributed by atoms with van der Waals surface area (Å²) in [6.45, 7) is 1.52. The van der Waals surface area contributed by atoms with Crippen molar-refractivity contribution >= 4 is 22.8 Å². The van der Waals surface area contributed by atoms with E-state index in [4.69, 9.17) is 5.73 Å². The second-order valence-electron chi connectivity index (χ2n) is 4.22. The second-order valence-corrected chi connectivity index (χ2v) is 4.22. The Hall–Kier alpha value is -2.29. The lowest BCUT2D eigenvalue weighted by Gasteiger charge is -2.20. The molecule has 0 saturated heterocycles. The minimum absolute atomic E-state index is 0.0126. The number of nitrogens with two attached hydrogens (primary N) is 1. The molecular weight excluding hydrogens is 224 g/mol. The molecule has 0 aliphatic heterocycles. The standard InChI is InChI=1S/C15H16N2O/c1-11(18)14-9-8-13(10-15(14)16)17(2)12-6-4-3-5-7-12/h3-10H,16H2,1-2H3. The predicted molar refractivity (Wildman–Crippen MR) is 75.4 cm³/mol. The van der Waals surface area contributed by atoms with Gasteiger partial charge in [-0.05, 0) is 37.3 Å². The average molecular weight is 240 g/mol. The van der Waals surface area contributed by atoms with Crippen molar-refractivity contribution in [2.75, 3.05) is 17.7 Å². The van der Waals surface area contributed by atoms with Crippen molar-refractivity contribution in [3.63, 3.8) is 0 Å². The molecule has 0 fully saturated rings. The molecule has 3 nitrogen and oxygen atoms in total. The van der Waals surface area contributed by atoms with Crippen molar-refractivity contribution < 1.29 is 4.79 Å². The molecule has 0 aliphatic rings. The van der Waals surface area contributed by atoms with Gasteiger partial charge in [-0.25, -0.2) is 0 Å². The Morgan fingerprint density at radius 1 is 1.06 bits per heavy atom. The largest absolute Gasteiger partial charge is 0.398 e. The monoisotopic (exact) mass is 240 g/mol. The Balaban J connectivity index is 2.35. The highest BCUT2D eigenvalue weighted by Crippen LogP contribution is 2.26. The van der Waals surface area contributed by atoms with Gasteiger partial charge in [0.15, 0.2) is 5.78 Å². The zero-order valence-corrected chi connectivity index (χ0v) is 10.6. The predicted octanol–water partition coefficient (Wildman–Crippen LogP) is 3.24. The maximum Gasteiger partial charge on any atom is 0.161 e. The van der Waals surface area contributed by atoms with Crippen LogP contribution >= 0.6 is 0 Å². The van der Waals surface area contributed by atoms with Gasteiger partial charge in [-0.2, -0.15) is 0 Å². The maximum atomic E-state index is 11.3. The van der Waals surface area contributed by atoms with Crippen LogP contribution in [-0.4, -0.2) is 12.8 Å². The molecule has 92 valence electrons. The van der Waals surface area contributed by atoms with Crippen LogP contribution in [0.1, 0.15) is 17.3 Å².